The second-order valence-corrected chi connectivity index (χ2v) is 7.08. The van der Waals surface area contributed by atoms with Crippen LogP contribution in [0.15, 0.2) is 48.6 Å². The van der Waals surface area contributed by atoms with Crippen LogP contribution in [0.3, 0.4) is 0 Å². The van der Waals surface area contributed by atoms with E-state index in [1.54, 1.807) is 0 Å². The van der Waals surface area contributed by atoms with E-state index in [0.29, 0.717) is 21.9 Å². The van der Waals surface area contributed by atoms with Crippen molar-refractivity contribution in [2.45, 2.75) is 18.4 Å². The van der Waals surface area contributed by atoms with Gasteiger partial charge in [-0.3, -0.25) is 0 Å². The molecule has 4 heteroatoms. The molecule has 3 atom stereocenters. The first-order valence-electron chi connectivity index (χ1n) is 7.31. The summed E-state index contributed by atoms with van der Waals surface area (Å²) in [6, 6.07) is 12.2. The molecule has 0 aromatic heterocycles. The summed E-state index contributed by atoms with van der Waals surface area (Å²) < 4.78 is 0. The predicted molar refractivity (Wildman–Crippen MR) is 94.3 cm³/mol. The molecule has 0 bridgehead atoms. The Morgan fingerprint density at radius 3 is 2.73 bits per heavy atom. The van der Waals surface area contributed by atoms with Crippen molar-refractivity contribution in [3.8, 4) is 0 Å². The minimum absolute atomic E-state index is 0.183. The molecule has 0 unspecified atom stereocenters. The molecule has 0 saturated carbocycles. The summed E-state index contributed by atoms with van der Waals surface area (Å²) in [5, 5.41) is 5.54. The number of fused-ring (bicyclic) bond motifs is 3. The molecule has 2 aliphatic rings. The van der Waals surface area contributed by atoms with E-state index < -0.39 is 0 Å². The van der Waals surface area contributed by atoms with Crippen molar-refractivity contribution in [1.82, 2.24) is 0 Å². The fourth-order valence-electron chi connectivity index (χ4n) is 3.63. The summed E-state index contributed by atoms with van der Waals surface area (Å²) in [4.78, 5) is 0. The van der Waals surface area contributed by atoms with Gasteiger partial charge < -0.3 is 5.32 Å². The molecule has 4 rings (SSSR count). The van der Waals surface area contributed by atoms with Crippen molar-refractivity contribution >= 4 is 40.5 Å². The van der Waals surface area contributed by atoms with Gasteiger partial charge in [0.05, 0.1) is 21.8 Å². The molecular weight excluding hydrogens is 337 g/mol. The van der Waals surface area contributed by atoms with Crippen molar-refractivity contribution in [2.24, 2.45) is 5.92 Å². The molecule has 112 valence electrons. The first-order chi connectivity index (χ1) is 10.6. The van der Waals surface area contributed by atoms with Crippen LogP contribution in [0, 0.1) is 5.92 Å². The van der Waals surface area contributed by atoms with Gasteiger partial charge in [-0.15, -0.1) is 0 Å². The maximum atomic E-state index is 6.44. The molecule has 1 N–H and O–H groups in total. The molecule has 2 aromatic carbocycles. The van der Waals surface area contributed by atoms with Crippen LogP contribution in [0.2, 0.25) is 15.1 Å². The van der Waals surface area contributed by atoms with Gasteiger partial charge >= 0.3 is 0 Å². The number of hydrogen-bond donors (Lipinski definition) is 1. The van der Waals surface area contributed by atoms with E-state index in [9.17, 15) is 0 Å². The number of halogens is 3. The van der Waals surface area contributed by atoms with Gasteiger partial charge in [0.1, 0.15) is 0 Å². The first kappa shape index (κ1) is 14.4. The SMILES string of the molecule is Clc1cccc([C@@H]2Nc3c(ccc(Cl)c3Cl)[C@@H]3C=CC[C@@H]32)c1. The average molecular weight is 351 g/mol. The standard InChI is InChI=1S/C18H14Cl3N/c19-11-4-1-3-10(9-11)17-13-6-2-5-12(13)14-7-8-15(20)16(21)18(14)22-17/h1-5,7-9,12-13,17,22H,6H2/t12-,13+,17+/m1/s1. The van der Waals surface area contributed by atoms with E-state index >= 15 is 0 Å². The third-order valence-corrected chi connectivity index (χ3v) is 5.67. The van der Waals surface area contributed by atoms with Crippen molar-refractivity contribution < 1.29 is 0 Å². The second-order valence-electron chi connectivity index (χ2n) is 5.86. The van der Waals surface area contributed by atoms with Gasteiger partial charge in [-0.05, 0) is 41.7 Å². The third-order valence-electron chi connectivity index (χ3n) is 4.63. The largest absolute Gasteiger partial charge is 0.376 e. The Bertz CT molecular complexity index is 769. The lowest BCUT2D eigenvalue weighted by Crippen LogP contribution is -2.29. The van der Waals surface area contributed by atoms with Gasteiger partial charge in [0.2, 0.25) is 0 Å². The Labute approximate surface area is 144 Å². The van der Waals surface area contributed by atoms with Crippen LogP contribution < -0.4 is 5.32 Å². The lowest BCUT2D eigenvalue weighted by molar-refractivity contribution is 0.425. The number of anilines is 1. The van der Waals surface area contributed by atoms with E-state index in [0.717, 1.165) is 17.1 Å². The zero-order valence-electron chi connectivity index (χ0n) is 11.7. The Morgan fingerprint density at radius 2 is 1.91 bits per heavy atom. The molecule has 1 aliphatic carbocycles. The van der Waals surface area contributed by atoms with Crippen molar-refractivity contribution in [3.63, 3.8) is 0 Å². The zero-order chi connectivity index (χ0) is 15.3. The topological polar surface area (TPSA) is 12.0 Å². The first-order valence-corrected chi connectivity index (χ1v) is 8.45. The summed E-state index contributed by atoms with van der Waals surface area (Å²) >= 11 is 18.8. The molecule has 22 heavy (non-hydrogen) atoms. The number of benzene rings is 2. The van der Waals surface area contributed by atoms with Crippen LogP contribution in [0.5, 0.6) is 0 Å². The van der Waals surface area contributed by atoms with Gasteiger partial charge in [-0.1, -0.05) is 65.2 Å². The highest BCUT2D eigenvalue weighted by atomic mass is 35.5. The highest BCUT2D eigenvalue weighted by Crippen LogP contribution is 2.52. The Kier molecular flexibility index (Phi) is 3.60. The van der Waals surface area contributed by atoms with Crippen LogP contribution in [-0.4, -0.2) is 0 Å². The summed E-state index contributed by atoms with van der Waals surface area (Å²) in [7, 11) is 0. The van der Waals surface area contributed by atoms with Gasteiger partial charge in [-0.2, -0.15) is 0 Å². The van der Waals surface area contributed by atoms with Crippen LogP contribution in [0.4, 0.5) is 5.69 Å². The zero-order valence-corrected chi connectivity index (χ0v) is 14.0. The van der Waals surface area contributed by atoms with Gasteiger partial charge in [-0.25, -0.2) is 0 Å². The molecule has 2 aromatic rings. The Hall–Kier alpha value is -1.15. The Balaban J connectivity index is 1.84. The summed E-state index contributed by atoms with van der Waals surface area (Å²) in [5.41, 5.74) is 3.37. The van der Waals surface area contributed by atoms with Crippen LogP contribution >= 0.6 is 34.8 Å². The fraction of sp³-hybridized carbons (Fsp3) is 0.222. The van der Waals surface area contributed by atoms with Crippen LogP contribution in [-0.2, 0) is 0 Å². The fourth-order valence-corrected chi connectivity index (χ4v) is 4.22. The molecule has 1 heterocycles. The van der Waals surface area contributed by atoms with E-state index in [-0.39, 0.29) is 6.04 Å². The maximum absolute atomic E-state index is 6.44. The normalized spacial score (nSPS) is 25.5. The van der Waals surface area contributed by atoms with Gasteiger partial charge in [0.15, 0.2) is 0 Å². The van der Waals surface area contributed by atoms with Crippen LogP contribution in [0.25, 0.3) is 0 Å². The third kappa shape index (κ3) is 2.23. The van der Waals surface area contributed by atoms with E-state index in [1.165, 1.54) is 11.1 Å². The van der Waals surface area contributed by atoms with Gasteiger partial charge in [0, 0.05) is 10.9 Å². The minimum atomic E-state index is 0.183. The smallest absolute Gasteiger partial charge is 0.0826 e. The van der Waals surface area contributed by atoms with E-state index in [4.69, 9.17) is 34.8 Å². The average Bonchev–Trinajstić information content (AvgIpc) is 3.00. The molecule has 0 amide bonds. The van der Waals surface area contributed by atoms with Crippen molar-refractivity contribution in [3.05, 3.63) is 74.7 Å². The van der Waals surface area contributed by atoms with Crippen LogP contribution in [0.1, 0.15) is 29.5 Å². The monoisotopic (exact) mass is 349 g/mol. The molecule has 0 spiro atoms. The molecular formula is C18H14Cl3N. The molecule has 0 radical (unpaired) electrons. The Morgan fingerprint density at radius 1 is 1.05 bits per heavy atom. The highest BCUT2D eigenvalue weighted by Gasteiger charge is 2.38. The lowest BCUT2D eigenvalue weighted by Gasteiger charge is -2.38. The molecule has 0 fully saturated rings. The number of nitrogens with one attached hydrogen (secondary N) is 1. The summed E-state index contributed by atoms with van der Waals surface area (Å²) in [6.45, 7) is 0. The quantitative estimate of drug-likeness (QED) is 0.581. The maximum Gasteiger partial charge on any atom is 0.0826 e. The summed E-state index contributed by atoms with van der Waals surface area (Å²) in [6.07, 6.45) is 5.59. The predicted octanol–water partition coefficient (Wildman–Crippen LogP) is 6.47. The molecule has 1 aliphatic heterocycles. The van der Waals surface area contributed by atoms with Crippen molar-refractivity contribution in [2.75, 3.05) is 5.32 Å². The minimum Gasteiger partial charge on any atom is -0.376 e. The van der Waals surface area contributed by atoms with E-state index in [1.807, 2.05) is 24.3 Å². The molecule has 1 nitrogen and oxygen atoms in total. The molecule has 0 saturated heterocycles. The number of allylic oxidation sites excluding steroid dienone is 2. The number of hydrogen-bond acceptors (Lipinski definition) is 1. The van der Waals surface area contributed by atoms with E-state index in [2.05, 4.69) is 29.6 Å². The second kappa shape index (κ2) is 5.49. The highest BCUT2D eigenvalue weighted by molar-refractivity contribution is 6.43. The lowest BCUT2D eigenvalue weighted by atomic mass is 9.77. The number of rotatable bonds is 1. The summed E-state index contributed by atoms with van der Waals surface area (Å²) in [5.74, 6) is 0.846. The van der Waals surface area contributed by atoms with Crippen molar-refractivity contribution in [1.29, 1.82) is 0 Å². The van der Waals surface area contributed by atoms with Gasteiger partial charge in [0.25, 0.3) is 0 Å².